The Morgan fingerprint density at radius 3 is 1.84 bits per heavy atom. The molecule has 0 saturated carbocycles. The number of rotatable bonds is 6. The zero-order chi connectivity index (χ0) is 49.1. The fourth-order valence-corrected chi connectivity index (χ4v) is 12.1. The van der Waals surface area contributed by atoms with E-state index in [0.717, 1.165) is 105 Å². The summed E-state index contributed by atoms with van der Waals surface area (Å²) >= 11 is 0. The van der Waals surface area contributed by atoms with Gasteiger partial charge in [-0.1, -0.05) is 176 Å². The van der Waals surface area contributed by atoms with Crippen LogP contribution in [-0.2, 0) is 0 Å². The van der Waals surface area contributed by atoms with Crippen molar-refractivity contribution in [3.8, 4) is 22.5 Å². The van der Waals surface area contributed by atoms with Crippen molar-refractivity contribution < 1.29 is 4.42 Å². The highest BCUT2D eigenvalue weighted by atomic mass is 16.3. The maximum Gasteiger partial charge on any atom is 0.160 e. The van der Waals surface area contributed by atoms with Gasteiger partial charge in [0.15, 0.2) is 11.4 Å². The van der Waals surface area contributed by atoms with Crippen molar-refractivity contribution in [2.45, 2.75) is 6.17 Å². The number of para-hydroxylation sites is 2. The van der Waals surface area contributed by atoms with Crippen LogP contribution in [-0.4, -0.2) is 20.8 Å². The maximum absolute atomic E-state index is 7.32. The average molecular weight is 958 g/mol. The lowest BCUT2D eigenvalue weighted by Gasteiger charge is -2.25. The van der Waals surface area contributed by atoms with Gasteiger partial charge < -0.3 is 18.9 Å². The minimum atomic E-state index is -0.485. The summed E-state index contributed by atoms with van der Waals surface area (Å²) in [5.74, 6) is 1.36. The summed E-state index contributed by atoms with van der Waals surface area (Å²) in [7, 11) is 0. The predicted octanol–water partition coefficient (Wildman–Crippen LogP) is 17.4. The fourth-order valence-electron chi connectivity index (χ4n) is 12.1. The molecule has 1 atom stereocenters. The molecule has 0 radical (unpaired) electrons. The predicted molar refractivity (Wildman–Crippen MR) is 312 cm³/mol. The van der Waals surface area contributed by atoms with Crippen molar-refractivity contribution in [1.82, 2.24) is 14.5 Å². The summed E-state index contributed by atoms with van der Waals surface area (Å²) in [5.41, 5.74) is 13.3. The van der Waals surface area contributed by atoms with E-state index in [1.54, 1.807) is 0 Å². The molecule has 1 aliphatic heterocycles. The molecule has 0 spiro atoms. The van der Waals surface area contributed by atoms with Gasteiger partial charge in [0.1, 0.15) is 17.6 Å². The summed E-state index contributed by atoms with van der Waals surface area (Å²) in [6.45, 7) is 0. The van der Waals surface area contributed by atoms with Crippen LogP contribution in [0.1, 0.15) is 22.9 Å². The Morgan fingerprint density at radius 1 is 0.387 bits per heavy atom. The molecule has 15 aromatic rings. The third kappa shape index (κ3) is 6.39. The van der Waals surface area contributed by atoms with E-state index in [1.807, 2.05) is 0 Å². The lowest BCUT2D eigenvalue weighted by atomic mass is 9.99. The topological polar surface area (TPSA) is 59.8 Å². The van der Waals surface area contributed by atoms with Gasteiger partial charge in [-0.25, -0.2) is 9.98 Å². The van der Waals surface area contributed by atoms with Crippen LogP contribution in [0.25, 0.3) is 120 Å². The van der Waals surface area contributed by atoms with Crippen LogP contribution in [0.4, 0.5) is 0 Å². The number of nitrogens with one attached hydrogen (secondary N) is 1. The number of aromatic nitrogens is 2. The molecule has 12 aromatic carbocycles. The van der Waals surface area contributed by atoms with E-state index in [-0.39, 0.29) is 0 Å². The van der Waals surface area contributed by atoms with E-state index >= 15 is 0 Å². The van der Waals surface area contributed by atoms with Crippen LogP contribution in [0.3, 0.4) is 0 Å². The van der Waals surface area contributed by atoms with Gasteiger partial charge in [-0.2, -0.15) is 0 Å². The first-order valence-corrected chi connectivity index (χ1v) is 25.6. The number of benzene rings is 12. The summed E-state index contributed by atoms with van der Waals surface area (Å²) in [5, 5.41) is 17.6. The highest BCUT2D eigenvalue weighted by molar-refractivity contribution is 6.28. The van der Waals surface area contributed by atoms with E-state index in [1.165, 1.54) is 32.3 Å². The highest BCUT2D eigenvalue weighted by Gasteiger charge is 2.29. The molecule has 1 unspecified atom stereocenters. The SMILES string of the molecule is c1ccc(-c2cccc(C3N=C(c4cccc5c4c4ccccc4n5-c4ccccc4)N=C(c4ccc(-n5c6cc7ccccc7cc6c6c7ccccc7ccc65)c5oc6cc7ccccc7cc6c45)N3)c2)cc1. The average Bonchev–Trinajstić information content (AvgIpc) is 4.14. The number of aliphatic imine (C=N–C) groups is 2. The van der Waals surface area contributed by atoms with Crippen LogP contribution in [0.2, 0.25) is 0 Å². The van der Waals surface area contributed by atoms with Crippen molar-refractivity contribution in [1.29, 1.82) is 0 Å². The Morgan fingerprint density at radius 2 is 1.03 bits per heavy atom. The molecule has 16 rings (SSSR count). The van der Waals surface area contributed by atoms with Gasteiger partial charge in [0.25, 0.3) is 0 Å². The summed E-state index contributed by atoms with van der Waals surface area (Å²) < 4.78 is 12.1. The number of nitrogens with zero attached hydrogens (tertiary/aromatic N) is 4. The van der Waals surface area contributed by atoms with Gasteiger partial charge in [-0.15, -0.1) is 0 Å². The standard InChI is InChI=1S/C69H43N5O/c1-3-17-42(18-4-1)44-24-15-25-49(37-44)67-70-68(53-30-16-32-58-64(53)52-29-13-14-31-57(52)73(58)50-26-5-2-6-27-50)72-69(71-67)54-34-36-60(66-65(54)56-39-46-21-8-10-23-48(46)41-62(56)75-66)74-59-35-33-43-19-11-12-28-51(43)63(59)55-38-45-20-7-9-22-47(45)40-61(55)74/h1-41,67H,(H,70,71,72). The first-order chi connectivity index (χ1) is 37.2. The van der Waals surface area contributed by atoms with E-state index in [9.17, 15) is 0 Å². The third-order valence-electron chi connectivity index (χ3n) is 15.5. The largest absolute Gasteiger partial charge is 0.454 e. The van der Waals surface area contributed by atoms with Crippen LogP contribution in [0.15, 0.2) is 263 Å². The monoisotopic (exact) mass is 957 g/mol. The van der Waals surface area contributed by atoms with E-state index < -0.39 is 6.17 Å². The number of hydrogen-bond donors (Lipinski definition) is 1. The Labute approximate surface area is 430 Å². The molecule has 0 saturated heterocycles. The van der Waals surface area contributed by atoms with E-state index in [2.05, 4.69) is 263 Å². The van der Waals surface area contributed by atoms with Gasteiger partial charge >= 0.3 is 0 Å². The zero-order valence-corrected chi connectivity index (χ0v) is 40.4. The number of fused-ring (bicyclic) bond motifs is 13. The van der Waals surface area contributed by atoms with E-state index in [0.29, 0.717) is 11.7 Å². The molecular formula is C69H43N5O. The first kappa shape index (κ1) is 41.6. The van der Waals surface area contributed by atoms with Gasteiger partial charge in [0, 0.05) is 49.1 Å². The minimum Gasteiger partial charge on any atom is -0.454 e. The molecule has 3 aromatic heterocycles. The van der Waals surface area contributed by atoms with Crippen molar-refractivity contribution in [3.05, 3.63) is 265 Å². The van der Waals surface area contributed by atoms with E-state index in [4.69, 9.17) is 14.4 Å². The Hall–Kier alpha value is -10.0. The highest BCUT2D eigenvalue weighted by Crippen LogP contribution is 2.44. The molecule has 0 aliphatic carbocycles. The Balaban J connectivity index is 0.982. The van der Waals surface area contributed by atoms with Crippen molar-refractivity contribution >= 4 is 110 Å². The number of furan rings is 1. The normalized spacial score (nSPS) is 14.0. The summed E-state index contributed by atoms with van der Waals surface area (Å²) in [6, 6.07) is 89.2. The van der Waals surface area contributed by atoms with Crippen LogP contribution in [0.5, 0.6) is 0 Å². The fraction of sp³-hybridized carbons (Fsp3) is 0.0145. The zero-order valence-electron chi connectivity index (χ0n) is 40.4. The number of hydrogen-bond acceptors (Lipinski definition) is 4. The molecule has 6 heteroatoms. The van der Waals surface area contributed by atoms with Crippen molar-refractivity contribution in [3.63, 3.8) is 0 Å². The Kier molecular flexibility index (Phi) is 9.00. The quantitative estimate of drug-likeness (QED) is 0.180. The second-order valence-corrected chi connectivity index (χ2v) is 19.7. The summed E-state index contributed by atoms with van der Waals surface area (Å²) in [6.07, 6.45) is -0.485. The van der Waals surface area contributed by atoms with Crippen LogP contribution >= 0.6 is 0 Å². The molecular weight excluding hydrogens is 915 g/mol. The molecule has 4 heterocycles. The minimum absolute atomic E-state index is 0.485. The van der Waals surface area contributed by atoms with Crippen LogP contribution in [0, 0.1) is 0 Å². The molecule has 1 N–H and O–H groups in total. The van der Waals surface area contributed by atoms with Crippen molar-refractivity contribution in [2.24, 2.45) is 9.98 Å². The second-order valence-electron chi connectivity index (χ2n) is 19.7. The smallest absolute Gasteiger partial charge is 0.160 e. The number of amidine groups is 2. The van der Waals surface area contributed by atoms with Gasteiger partial charge in [-0.05, 0) is 122 Å². The third-order valence-corrected chi connectivity index (χ3v) is 15.5. The first-order valence-electron chi connectivity index (χ1n) is 25.6. The van der Waals surface area contributed by atoms with Gasteiger partial charge in [-0.3, -0.25) is 0 Å². The molecule has 0 fully saturated rings. The summed E-state index contributed by atoms with van der Waals surface area (Å²) in [4.78, 5) is 11.3. The van der Waals surface area contributed by atoms with Crippen LogP contribution < -0.4 is 5.32 Å². The second kappa shape index (κ2) is 16.2. The molecule has 0 bridgehead atoms. The molecule has 0 amide bonds. The van der Waals surface area contributed by atoms with Gasteiger partial charge in [0.2, 0.25) is 0 Å². The van der Waals surface area contributed by atoms with Crippen molar-refractivity contribution in [2.75, 3.05) is 0 Å². The Bertz CT molecular complexity index is 4920. The molecule has 75 heavy (non-hydrogen) atoms. The molecule has 350 valence electrons. The lowest BCUT2D eigenvalue weighted by molar-refractivity contribution is 0.666. The molecule has 1 aliphatic rings. The van der Waals surface area contributed by atoms with Gasteiger partial charge in [0.05, 0.1) is 27.8 Å². The maximum atomic E-state index is 7.32. The lowest BCUT2D eigenvalue weighted by Crippen LogP contribution is -2.33. The molecule has 6 nitrogen and oxygen atoms in total.